The van der Waals surface area contributed by atoms with Crippen LogP contribution in [0.2, 0.25) is 0 Å². The third-order valence-corrected chi connectivity index (χ3v) is 5.34. The highest BCUT2D eigenvalue weighted by atomic mass is 32.2. The molecule has 0 amide bonds. The average molecular weight is 348 g/mol. The molecule has 0 aliphatic heterocycles. The van der Waals surface area contributed by atoms with Gasteiger partial charge >= 0.3 is 5.97 Å². The van der Waals surface area contributed by atoms with Gasteiger partial charge in [0.25, 0.3) is 0 Å². The van der Waals surface area contributed by atoms with E-state index in [0.717, 1.165) is 12.1 Å². The van der Waals surface area contributed by atoms with Crippen LogP contribution in [0, 0.1) is 11.6 Å². The van der Waals surface area contributed by atoms with Gasteiger partial charge in [-0.15, -0.1) is 0 Å². The summed E-state index contributed by atoms with van der Waals surface area (Å²) < 4.78 is 52.9. The molecule has 6 nitrogen and oxygen atoms in total. The third-order valence-electron chi connectivity index (χ3n) is 3.84. The van der Waals surface area contributed by atoms with Gasteiger partial charge in [-0.05, 0) is 31.5 Å². The van der Waals surface area contributed by atoms with Gasteiger partial charge in [-0.2, -0.15) is 0 Å². The smallest absolute Gasteiger partial charge is 0.317 e. The van der Waals surface area contributed by atoms with Crippen LogP contribution in [0.3, 0.4) is 0 Å². The van der Waals surface area contributed by atoms with Gasteiger partial charge < -0.3 is 5.11 Å². The molecule has 0 atom stereocenters. The zero-order valence-corrected chi connectivity index (χ0v) is 13.3. The van der Waals surface area contributed by atoms with Gasteiger partial charge in [-0.3, -0.25) is 9.69 Å². The second-order valence-electron chi connectivity index (χ2n) is 5.51. The van der Waals surface area contributed by atoms with Crippen LogP contribution >= 0.6 is 0 Å². The Morgan fingerprint density at radius 1 is 1.30 bits per heavy atom. The lowest BCUT2D eigenvalue weighted by atomic mass is 9.86. The van der Waals surface area contributed by atoms with Gasteiger partial charge in [0.15, 0.2) is 0 Å². The first-order valence-electron chi connectivity index (χ1n) is 7.15. The fourth-order valence-electron chi connectivity index (χ4n) is 2.63. The fraction of sp³-hybridized carbons (Fsp3) is 0.500. The zero-order chi connectivity index (χ0) is 17.2. The third kappa shape index (κ3) is 4.46. The number of likely N-dealkylation sites (N-methyl/N-ethyl adjacent to an activating group) is 1. The quantitative estimate of drug-likeness (QED) is 0.773. The highest BCUT2D eigenvalue weighted by Crippen LogP contribution is 2.27. The Morgan fingerprint density at radius 2 is 1.87 bits per heavy atom. The second kappa shape index (κ2) is 6.90. The highest BCUT2D eigenvalue weighted by molar-refractivity contribution is 7.89. The van der Waals surface area contributed by atoms with Crippen molar-refractivity contribution >= 4 is 16.0 Å². The molecule has 1 saturated carbocycles. The number of nitrogens with one attached hydrogen (secondary N) is 1. The topological polar surface area (TPSA) is 86.7 Å². The minimum absolute atomic E-state index is 0.0203. The molecule has 0 unspecified atom stereocenters. The highest BCUT2D eigenvalue weighted by Gasteiger charge is 2.36. The first-order valence-corrected chi connectivity index (χ1v) is 8.64. The van der Waals surface area contributed by atoms with E-state index in [0.29, 0.717) is 25.5 Å². The maximum absolute atomic E-state index is 13.1. The van der Waals surface area contributed by atoms with Crippen molar-refractivity contribution in [2.24, 2.45) is 0 Å². The lowest BCUT2D eigenvalue weighted by Gasteiger charge is -2.42. The van der Waals surface area contributed by atoms with E-state index in [9.17, 15) is 22.0 Å². The van der Waals surface area contributed by atoms with Gasteiger partial charge in [-0.25, -0.2) is 21.9 Å². The van der Waals surface area contributed by atoms with E-state index >= 15 is 0 Å². The predicted molar refractivity (Wildman–Crippen MR) is 78.4 cm³/mol. The molecule has 0 heterocycles. The number of aliphatic carboxylic acids is 1. The van der Waals surface area contributed by atoms with Crippen molar-refractivity contribution in [3.8, 4) is 0 Å². The van der Waals surface area contributed by atoms with E-state index in [2.05, 4.69) is 4.72 Å². The molecular formula is C14H18F2N2O4S. The number of carboxylic acid groups (broad SMARTS) is 1. The number of carbonyl (C=O) groups is 1. The number of carboxylic acids is 1. The summed E-state index contributed by atoms with van der Waals surface area (Å²) in [5.41, 5.74) is 0. The van der Waals surface area contributed by atoms with Crippen LogP contribution in [0.15, 0.2) is 23.1 Å². The summed E-state index contributed by atoms with van der Waals surface area (Å²) in [7, 11) is -4.01. The maximum Gasteiger partial charge on any atom is 0.317 e. The standard InChI is InChI=1S/C14H18F2N2O4S/c1-2-18(8-14(19)20)12-6-11(7-12)17-23(21,22)13-4-9(15)3-10(16)5-13/h3-5,11-12,17H,2,6-8H2,1H3,(H,19,20). The Kier molecular flexibility index (Phi) is 5.33. The average Bonchev–Trinajstić information content (AvgIpc) is 2.39. The summed E-state index contributed by atoms with van der Waals surface area (Å²) in [6.45, 7) is 2.28. The molecule has 128 valence electrons. The predicted octanol–water partition coefficient (Wildman–Crippen LogP) is 1.18. The molecule has 1 aromatic rings. The molecule has 9 heteroatoms. The number of benzene rings is 1. The van der Waals surface area contributed by atoms with E-state index in [1.165, 1.54) is 0 Å². The summed E-state index contributed by atoms with van der Waals surface area (Å²) in [6.07, 6.45) is 0.913. The maximum atomic E-state index is 13.1. The number of halogens is 2. The summed E-state index contributed by atoms with van der Waals surface area (Å²) in [4.78, 5) is 12.0. The van der Waals surface area contributed by atoms with Gasteiger partial charge in [0, 0.05) is 18.2 Å². The van der Waals surface area contributed by atoms with Crippen molar-refractivity contribution in [2.75, 3.05) is 13.1 Å². The van der Waals surface area contributed by atoms with Gasteiger partial charge in [-0.1, -0.05) is 6.92 Å². The molecule has 2 N–H and O–H groups in total. The van der Waals surface area contributed by atoms with E-state index in [1.807, 2.05) is 6.92 Å². The summed E-state index contributed by atoms with van der Waals surface area (Å²) in [6, 6.07) is 1.71. The van der Waals surface area contributed by atoms with Crippen LogP contribution < -0.4 is 4.72 Å². The molecule has 2 rings (SSSR count). The number of hydrogen-bond acceptors (Lipinski definition) is 4. The Labute approximate surface area is 133 Å². The van der Waals surface area contributed by atoms with E-state index in [-0.39, 0.29) is 18.6 Å². The van der Waals surface area contributed by atoms with E-state index < -0.39 is 32.5 Å². The van der Waals surface area contributed by atoms with Crippen molar-refractivity contribution in [1.29, 1.82) is 0 Å². The molecule has 0 aromatic heterocycles. The van der Waals surface area contributed by atoms with Crippen molar-refractivity contribution in [3.05, 3.63) is 29.8 Å². The Bertz CT molecular complexity index is 670. The molecule has 0 radical (unpaired) electrons. The molecule has 0 bridgehead atoms. The Hall–Kier alpha value is -1.58. The Balaban J connectivity index is 1.97. The number of hydrogen-bond donors (Lipinski definition) is 2. The lowest BCUT2D eigenvalue weighted by Crippen LogP contribution is -2.54. The summed E-state index contributed by atoms with van der Waals surface area (Å²) in [5, 5.41) is 8.81. The molecule has 0 spiro atoms. The number of nitrogens with zero attached hydrogens (tertiary/aromatic N) is 1. The fourth-order valence-corrected chi connectivity index (χ4v) is 3.93. The number of sulfonamides is 1. The van der Waals surface area contributed by atoms with Crippen molar-refractivity contribution in [1.82, 2.24) is 9.62 Å². The van der Waals surface area contributed by atoms with Gasteiger partial charge in [0.2, 0.25) is 10.0 Å². The van der Waals surface area contributed by atoms with Gasteiger partial charge in [0.05, 0.1) is 11.4 Å². The molecule has 1 aromatic carbocycles. The lowest BCUT2D eigenvalue weighted by molar-refractivity contribution is -0.139. The molecular weight excluding hydrogens is 330 g/mol. The molecule has 0 saturated heterocycles. The minimum atomic E-state index is -4.01. The Morgan fingerprint density at radius 3 is 2.35 bits per heavy atom. The van der Waals surface area contributed by atoms with Crippen molar-refractivity contribution in [2.45, 2.75) is 36.7 Å². The van der Waals surface area contributed by atoms with Crippen LogP contribution in [-0.2, 0) is 14.8 Å². The largest absolute Gasteiger partial charge is 0.480 e. The van der Waals surface area contributed by atoms with Crippen LogP contribution in [0.4, 0.5) is 8.78 Å². The van der Waals surface area contributed by atoms with Crippen LogP contribution in [-0.4, -0.2) is 49.6 Å². The van der Waals surface area contributed by atoms with Crippen molar-refractivity contribution < 1.29 is 27.1 Å². The van der Waals surface area contributed by atoms with E-state index in [1.54, 1.807) is 4.90 Å². The molecule has 1 aliphatic rings. The summed E-state index contributed by atoms with van der Waals surface area (Å²) >= 11 is 0. The van der Waals surface area contributed by atoms with Crippen molar-refractivity contribution in [3.63, 3.8) is 0 Å². The zero-order valence-electron chi connectivity index (χ0n) is 12.5. The molecule has 1 aliphatic carbocycles. The molecule has 1 fully saturated rings. The first-order chi connectivity index (χ1) is 10.7. The minimum Gasteiger partial charge on any atom is -0.480 e. The number of rotatable bonds is 7. The first kappa shape index (κ1) is 17.8. The molecule has 23 heavy (non-hydrogen) atoms. The van der Waals surface area contributed by atoms with E-state index in [4.69, 9.17) is 5.11 Å². The normalized spacial score (nSPS) is 21.2. The van der Waals surface area contributed by atoms with Crippen LogP contribution in [0.25, 0.3) is 0 Å². The second-order valence-corrected chi connectivity index (χ2v) is 7.22. The van der Waals surface area contributed by atoms with Crippen LogP contribution in [0.5, 0.6) is 0 Å². The monoisotopic (exact) mass is 348 g/mol. The van der Waals surface area contributed by atoms with Crippen LogP contribution in [0.1, 0.15) is 19.8 Å². The van der Waals surface area contributed by atoms with Gasteiger partial charge in [0.1, 0.15) is 11.6 Å². The SMILES string of the molecule is CCN(CC(=O)O)C1CC(NS(=O)(=O)c2cc(F)cc(F)c2)C1. The summed E-state index contributed by atoms with van der Waals surface area (Å²) in [5.74, 6) is -2.86.